The number of rotatable bonds is 7. The molecule has 0 saturated heterocycles. The molecule has 0 bridgehead atoms. The number of furan rings is 1. The van der Waals surface area contributed by atoms with Crippen molar-refractivity contribution < 1.29 is 4.42 Å². The molecule has 1 heterocycles. The highest BCUT2D eigenvalue weighted by atomic mass is 16.3. The lowest BCUT2D eigenvalue weighted by Gasteiger charge is -2.26. The highest BCUT2D eigenvalue weighted by Crippen LogP contribution is 2.42. The van der Waals surface area contributed by atoms with Gasteiger partial charge in [0, 0.05) is 33.2 Å². The van der Waals surface area contributed by atoms with E-state index in [1.165, 1.54) is 60.3 Å². The first-order chi connectivity index (χ1) is 30.7. The van der Waals surface area contributed by atoms with Gasteiger partial charge in [0.15, 0.2) is 0 Å². The van der Waals surface area contributed by atoms with Crippen molar-refractivity contribution in [2.75, 3.05) is 4.90 Å². The van der Waals surface area contributed by atoms with Crippen LogP contribution < -0.4 is 4.90 Å². The summed E-state index contributed by atoms with van der Waals surface area (Å²) in [5.74, 6) is 0. The Morgan fingerprint density at radius 1 is 0.274 bits per heavy atom. The molecule has 290 valence electrons. The molecule has 0 aliphatic rings. The van der Waals surface area contributed by atoms with Crippen LogP contribution in [0.25, 0.3) is 98.8 Å². The first kappa shape index (κ1) is 35.7. The fourth-order valence-electron chi connectivity index (χ4n) is 9.37. The molecule has 1 aromatic heterocycles. The van der Waals surface area contributed by atoms with Crippen LogP contribution >= 0.6 is 0 Å². The molecule has 0 unspecified atom stereocenters. The minimum absolute atomic E-state index is 0.896. The van der Waals surface area contributed by atoms with Crippen molar-refractivity contribution >= 4 is 71.3 Å². The maximum atomic E-state index is 6.56. The van der Waals surface area contributed by atoms with Gasteiger partial charge >= 0.3 is 0 Å². The molecule has 0 aliphatic carbocycles. The Balaban J connectivity index is 0.949. The van der Waals surface area contributed by atoms with Gasteiger partial charge in [-0.25, -0.2) is 0 Å². The summed E-state index contributed by atoms with van der Waals surface area (Å²) < 4.78 is 6.56. The average molecular weight is 790 g/mol. The Hall–Kier alpha value is -8.20. The zero-order valence-electron chi connectivity index (χ0n) is 33.9. The second kappa shape index (κ2) is 14.8. The predicted molar refractivity (Wildman–Crippen MR) is 263 cm³/mol. The fraction of sp³-hybridized carbons (Fsp3) is 0. The van der Waals surface area contributed by atoms with E-state index in [2.05, 4.69) is 241 Å². The van der Waals surface area contributed by atoms with Gasteiger partial charge in [-0.1, -0.05) is 176 Å². The Bertz CT molecular complexity index is 3630. The van der Waals surface area contributed by atoms with Gasteiger partial charge < -0.3 is 9.32 Å². The summed E-state index contributed by atoms with van der Waals surface area (Å²) in [6, 6.07) is 85.5. The standard InChI is InChI=1S/C60H39NO/c1-2-14-45-37-48(26-25-40(45)11-1)47-17-8-19-52(39-47)61(50-32-27-41(28-33-50)46-16-7-18-49(38-46)54-22-9-15-42-12-3-5-20-53(42)54)51-34-29-44(30-35-51)55-23-10-24-58-59(55)57-36-31-43-13-4-6-21-56(43)60(57)62-58/h1-39H. The van der Waals surface area contributed by atoms with Crippen LogP contribution in [0.15, 0.2) is 241 Å². The Labute approximate surface area is 360 Å². The largest absolute Gasteiger partial charge is 0.455 e. The fourth-order valence-corrected chi connectivity index (χ4v) is 9.37. The Kier molecular flexibility index (Phi) is 8.53. The van der Waals surface area contributed by atoms with Crippen molar-refractivity contribution in [2.45, 2.75) is 0 Å². The molecule has 0 atom stereocenters. The van der Waals surface area contributed by atoms with Crippen LogP contribution in [0.2, 0.25) is 0 Å². The number of nitrogens with zero attached hydrogens (tertiary/aromatic N) is 1. The molecule has 0 amide bonds. The van der Waals surface area contributed by atoms with Gasteiger partial charge in [-0.05, 0) is 132 Å². The molecular weight excluding hydrogens is 751 g/mol. The van der Waals surface area contributed by atoms with Crippen LogP contribution in [0.1, 0.15) is 0 Å². The van der Waals surface area contributed by atoms with Crippen LogP contribution in [-0.4, -0.2) is 0 Å². The molecule has 12 aromatic rings. The summed E-state index contributed by atoms with van der Waals surface area (Å²) in [6.07, 6.45) is 0. The van der Waals surface area contributed by atoms with Crippen molar-refractivity contribution in [1.29, 1.82) is 0 Å². The maximum absolute atomic E-state index is 6.56. The SMILES string of the molecule is c1cc(-c2ccc(N(c3ccc(-c4cccc5oc6c7ccccc7ccc6c45)cc3)c3cccc(-c4ccc5ccccc5c4)c3)cc2)cc(-c2cccc3ccccc23)c1. The quantitative estimate of drug-likeness (QED) is 0.160. The van der Waals surface area contributed by atoms with Crippen molar-refractivity contribution in [3.63, 3.8) is 0 Å². The maximum Gasteiger partial charge on any atom is 0.143 e. The molecule has 0 radical (unpaired) electrons. The van der Waals surface area contributed by atoms with Gasteiger partial charge in [0.05, 0.1) is 0 Å². The Morgan fingerprint density at radius 3 is 1.63 bits per heavy atom. The monoisotopic (exact) mass is 789 g/mol. The average Bonchev–Trinajstić information content (AvgIpc) is 3.74. The van der Waals surface area contributed by atoms with Crippen LogP contribution in [0.3, 0.4) is 0 Å². The smallest absolute Gasteiger partial charge is 0.143 e. The van der Waals surface area contributed by atoms with Gasteiger partial charge in [-0.15, -0.1) is 0 Å². The van der Waals surface area contributed by atoms with Gasteiger partial charge in [0.25, 0.3) is 0 Å². The van der Waals surface area contributed by atoms with Crippen LogP contribution in [0.5, 0.6) is 0 Å². The number of anilines is 3. The predicted octanol–water partition coefficient (Wildman–Crippen LogP) is 17.2. The van der Waals surface area contributed by atoms with E-state index in [0.29, 0.717) is 0 Å². The first-order valence-electron chi connectivity index (χ1n) is 21.2. The molecule has 0 N–H and O–H groups in total. The van der Waals surface area contributed by atoms with E-state index in [9.17, 15) is 0 Å². The van der Waals surface area contributed by atoms with Gasteiger partial charge in [-0.2, -0.15) is 0 Å². The third-order valence-electron chi connectivity index (χ3n) is 12.4. The topological polar surface area (TPSA) is 16.4 Å². The van der Waals surface area contributed by atoms with E-state index in [-0.39, 0.29) is 0 Å². The number of fused-ring (bicyclic) bond motifs is 7. The molecule has 2 heteroatoms. The second-order valence-electron chi connectivity index (χ2n) is 16.1. The van der Waals surface area contributed by atoms with Crippen LogP contribution in [0, 0.1) is 0 Å². The highest BCUT2D eigenvalue weighted by molar-refractivity contribution is 6.19. The lowest BCUT2D eigenvalue weighted by atomic mass is 9.95. The van der Waals surface area contributed by atoms with Crippen molar-refractivity contribution in [3.8, 4) is 44.5 Å². The summed E-state index contributed by atoms with van der Waals surface area (Å²) in [5, 5.41) is 9.57. The zero-order valence-corrected chi connectivity index (χ0v) is 33.9. The lowest BCUT2D eigenvalue weighted by molar-refractivity contribution is 0.673. The second-order valence-corrected chi connectivity index (χ2v) is 16.1. The van der Waals surface area contributed by atoms with Crippen molar-refractivity contribution in [2.24, 2.45) is 0 Å². The van der Waals surface area contributed by atoms with Crippen LogP contribution in [0.4, 0.5) is 17.1 Å². The first-order valence-corrected chi connectivity index (χ1v) is 21.2. The lowest BCUT2D eigenvalue weighted by Crippen LogP contribution is -2.10. The van der Waals surface area contributed by atoms with Gasteiger partial charge in [-0.3, -0.25) is 0 Å². The van der Waals surface area contributed by atoms with Crippen molar-refractivity contribution in [1.82, 2.24) is 0 Å². The third kappa shape index (κ3) is 6.20. The third-order valence-corrected chi connectivity index (χ3v) is 12.4. The van der Waals surface area contributed by atoms with Crippen LogP contribution in [-0.2, 0) is 0 Å². The number of benzene rings is 11. The summed E-state index contributed by atoms with van der Waals surface area (Å²) in [5.41, 5.74) is 14.5. The highest BCUT2D eigenvalue weighted by Gasteiger charge is 2.18. The van der Waals surface area contributed by atoms with E-state index < -0.39 is 0 Å². The minimum atomic E-state index is 0.896. The summed E-state index contributed by atoms with van der Waals surface area (Å²) >= 11 is 0. The van der Waals surface area contributed by atoms with E-state index in [4.69, 9.17) is 4.42 Å². The van der Waals surface area contributed by atoms with E-state index >= 15 is 0 Å². The summed E-state index contributed by atoms with van der Waals surface area (Å²) in [7, 11) is 0. The summed E-state index contributed by atoms with van der Waals surface area (Å²) in [4.78, 5) is 2.37. The number of hydrogen-bond donors (Lipinski definition) is 0. The molecule has 11 aromatic carbocycles. The molecule has 12 rings (SSSR count). The molecule has 0 aliphatic heterocycles. The van der Waals surface area contributed by atoms with E-state index in [1.807, 2.05) is 0 Å². The van der Waals surface area contributed by atoms with Gasteiger partial charge in [0.2, 0.25) is 0 Å². The molecule has 0 saturated carbocycles. The zero-order chi connectivity index (χ0) is 41.0. The summed E-state index contributed by atoms with van der Waals surface area (Å²) in [6.45, 7) is 0. The molecule has 0 fully saturated rings. The minimum Gasteiger partial charge on any atom is -0.455 e. The molecular formula is C60H39NO. The molecule has 62 heavy (non-hydrogen) atoms. The Morgan fingerprint density at radius 2 is 0.823 bits per heavy atom. The molecule has 2 nitrogen and oxygen atoms in total. The normalized spacial score (nSPS) is 11.5. The van der Waals surface area contributed by atoms with E-state index in [0.717, 1.165) is 55.5 Å². The molecule has 0 spiro atoms. The van der Waals surface area contributed by atoms with E-state index in [1.54, 1.807) is 0 Å². The van der Waals surface area contributed by atoms with Crippen molar-refractivity contribution in [3.05, 3.63) is 237 Å². The number of hydrogen-bond acceptors (Lipinski definition) is 2. The van der Waals surface area contributed by atoms with Gasteiger partial charge in [0.1, 0.15) is 11.2 Å².